The Morgan fingerprint density at radius 3 is 2.59 bits per heavy atom. The van der Waals surface area contributed by atoms with Gasteiger partial charge in [0.1, 0.15) is 5.82 Å². The molecule has 0 aliphatic carbocycles. The van der Waals surface area contributed by atoms with Crippen LogP contribution in [0.4, 0.5) is 14.6 Å². The van der Waals surface area contributed by atoms with Crippen LogP contribution in [0.1, 0.15) is 18.5 Å². The van der Waals surface area contributed by atoms with Gasteiger partial charge in [-0.3, -0.25) is 0 Å². The topological polar surface area (TPSA) is 43.8 Å². The van der Waals surface area contributed by atoms with Gasteiger partial charge in [0, 0.05) is 0 Å². The van der Waals surface area contributed by atoms with Gasteiger partial charge in [-0.25, -0.2) is 13.5 Å². The quantitative estimate of drug-likeness (QED) is 0.848. The lowest BCUT2D eigenvalue weighted by Gasteiger charge is -2.14. The number of nitrogens with zero attached hydrogens (tertiary/aromatic N) is 2. The van der Waals surface area contributed by atoms with Crippen LogP contribution in [0.5, 0.6) is 0 Å². The number of hydrogen-bond acceptors (Lipinski definition) is 2. The number of aromatic nitrogens is 2. The van der Waals surface area contributed by atoms with Gasteiger partial charge in [-0.2, -0.15) is 5.10 Å². The van der Waals surface area contributed by atoms with Crippen LogP contribution < -0.4 is 5.73 Å². The van der Waals surface area contributed by atoms with Gasteiger partial charge in [0.15, 0.2) is 11.6 Å². The Bertz CT molecular complexity index is 554. The monoisotopic (exact) mass is 349 g/mol. The molecular formula is C11H10F2IN3. The lowest BCUT2D eigenvalue weighted by atomic mass is 10.1. The summed E-state index contributed by atoms with van der Waals surface area (Å²) in [4.78, 5) is 0. The second-order valence-corrected chi connectivity index (χ2v) is 4.83. The van der Waals surface area contributed by atoms with E-state index in [0.717, 1.165) is 15.7 Å². The van der Waals surface area contributed by atoms with Gasteiger partial charge >= 0.3 is 0 Å². The number of benzene rings is 1. The maximum atomic E-state index is 13.1. The van der Waals surface area contributed by atoms with E-state index >= 15 is 0 Å². The molecule has 1 aromatic carbocycles. The lowest BCUT2D eigenvalue weighted by molar-refractivity contribution is 0.500. The number of hydrogen-bond donors (Lipinski definition) is 1. The van der Waals surface area contributed by atoms with Crippen LogP contribution in [0.15, 0.2) is 24.4 Å². The Morgan fingerprint density at radius 1 is 1.35 bits per heavy atom. The van der Waals surface area contributed by atoms with Crippen LogP contribution in [0.2, 0.25) is 0 Å². The Morgan fingerprint density at radius 2 is 2.06 bits per heavy atom. The average Bonchev–Trinajstić information content (AvgIpc) is 2.63. The normalized spacial score (nSPS) is 12.7. The third-order valence-corrected chi connectivity index (χ3v) is 3.41. The van der Waals surface area contributed by atoms with Crippen molar-refractivity contribution < 1.29 is 8.78 Å². The molecule has 2 rings (SSSR count). The Balaban J connectivity index is 2.40. The molecule has 6 heteroatoms. The van der Waals surface area contributed by atoms with Crippen molar-refractivity contribution in [2.24, 2.45) is 0 Å². The Kier molecular flexibility index (Phi) is 3.32. The van der Waals surface area contributed by atoms with Crippen LogP contribution in [-0.2, 0) is 0 Å². The first kappa shape index (κ1) is 12.3. The van der Waals surface area contributed by atoms with E-state index < -0.39 is 11.6 Å². The molecule has 1 aromatic heterocycles. The SMILES string of the molecule is CC(c1ccc(F)c(F)c1)n1ncc(I)c1N. The van der Waals surface area contributed by atoms with E-state index in [0.29, 0.717) is 11.4 Å². The minimum atomic E-state index is -0.866. The summed E-state index contributed by atoms with van der Waals surface area (Å²) in [6, 6.07) is 3.55. The van der Waals surface area contributed by atoms with Crippen molar-refractivity contribution in [1.29, 1.82) is 0 Å². The second-order valence-electron chi connectivity index (χ2n) is 3.67. The number of rotatable bonds is 2. The molecule has 0 bridgehead atoms. The highest BCUT2D eigenvalue weighted by Gasteiger charge is 2.15. The third-order valence-electron chi connectivity index (χ3n) is 2.58. The summed E-state index contributed by atoms with van der Waals surface area (Å²) in [5.41, 5.74) is 6.45. The maximum absolute atomic E-state index is 13.1. The molecule has 2 aromatic rings. The maximum Gasteiger partial charge on any atom is 0.159 e. The van der Waals surface area contributed by atoms with Crippen molar-refractivity contribution >= 4 is 28.4 Å². The van der Waals surface area contributed by atoms with E-state index in [1.54, 1.807) is 10.9 Å². The van der Waals surface area contributed by atoms with Crippen LogP contribution >= 0.6 is 22.6 Å². The van der Waals surface area contributed by atoms with E-state index in [9.17, 15) is 8.78 Å². The van der Waals surface area contributed by atoms with E-state index in [1.165, 1.54) is 6.07 Å². The van der Waals surface area contributed by atoms with Crippen molar-refractivity contribution in [1.82, 2.24) is 9.78 Å². The molecule has 0 spiro atoms. The van der Waals surface area contributed by atoms with Crippen LogP contribution in [0.25, 0.3) is 0 Å². The highest BCUT2D eigenvalue weighted by atomic mass is 127. The van der Waals surface area contributed by atoms with Crippen molar-refractivity contribution in [3.8, 4) is 0 Å². The summed E-state index contributed by atoms with van der Waals surface area (Å²) >= 11 is 2.07. The fourth-order valence-electron chi connectivity index (χ4n) is 1.57. The van der Waals surface area contributed by atoms with Gasteiger partial charge in [-0.1, -0.05) is 6.07 Å². The standard InChI is InChI=1S/C11H10F2IN3/c1-6(17-11(15)10(14)5-16-17)7-2-3-8(12)9(13)4-7/h2-6H,15H2,1H3. The fourth-order valence-corrected chi connectivity index (χ4v) is 1.94. The molecule has 1 unspecified atom stereocenters. The van der Waals surface area contributed by atoms with Crippen molar-refractivity contribution in [3.63, 3.8) is 0 Å². The van der Waals surface area contributed by atoms with Crippen LogP contribution in [0, 0.1) is 15.2 Å². The van der Waals surface area contributed by atoms with Gasteiger partial charge in [0.2, 0.25) is 0 Å². The summed E-state index contributed by atoms with van der Waals surface area (Å²) in [5, 5.41) is 4.11. The summed E-state index contributed by atoms with van der Waals surface area (Å²) in [5.74, 6) is -1.21. The first-order chi connectivity index (χ1) is 8.00. The fraction of sp³-hybridized carbons (Fsp3) is 0.182. The van der Waals surface area contributed by atoms with E-state index in [2.05, 4.69) is 27.7 Å². The molecule has 0 aliphatic rings. The second kappa shape index (κ2) is 4.59. The predicted octanol–water partition coefficient (Wildman–Crippen LogP) is 2.96. The minimum absolute atomic E-state index is 0.242. The zero-order valence-electron chi connectivity index (χ0n) is 8.99. The lowest BCUT2D eigenvalue weighted by Crippen LogP contribution is -2.12. The summed E-state index contributed by atoms with van der Waals surface area (Å²) in [6.07, 6.45) is 1.63. The van der Waals surface area contributed by atoms with Gasteiger partial charge in [-0.15, -0.1) is 0 Å². The first-order valence-corrected chi connectivity index (χ1v) is 6.02. The minimum Gasteiger partial charge on any atom is -0.383 e. The highest BCUT2D eigenvalue weighted by Crippen LogP contribution is 2.24. The van der Waals surface area contributed by atoms with Crippen LogP contribution in [-0.4, -0.2) is 9.78 Å². The Labute approximate surface area is 111 Å². The van der Waals surface area contributed by atoms with Gasteiger partial charge in [0.05, 0.1) is 15.8 Å². The van der Waals surface area contributed by atoms with Crippen molar-refractivity contribution in [2.45, 2.75) is 13.0 Å². The summed E-state index contributed by atoms with van der Waals surface area (Å²) in [7, 11) is 0. The molecule has 0 fully saturated rings. The molecule has 17 heavy (non-hydrogen) atoms. The molecule has 2 N–H and O–H groups in total. The van der Waals surface area contributed by atoms with E-state index in [-0.39, 0.29) is 6.04 Å². The predicted molar refractivity (Wildman–Crippen MR) is 69.5 cm³/mol. The third kappa shape index (κ3) is 2.26. The smallest absolute Gasteiger partial charge is 0.159 e. The Hall–Kier alpha value is -1.18. The zero-order chi connectivity index (χ0) is 12.6. The average molecular weight is 349 g/mol. The van der Waals surface area contributed by atoms with E-state index in [4.69, 9.17) is 5.73 Å². The highest BCUT2D eigenvalue weighted by molar-refractivity contribution is 14.1. The number of anilines is 1. The van der Waals surface area contributed by atoms with E-state index in [1.807, 2.05) is 6.92 Å². The molecule has 0 radical (unpaired) electrons. The molecule has 0 aliphatic heterocycles. The largest absolute Gasteiger partial charge is 0.383 e. The molecule has 0 saturated heterocycles. The number of nitrogens with two attached hydrogens (primary N) is 1. The number of nitrogen functional groups attached to an aromatic ring is 1. The molecule has 0 amide bonds. The van der Waals surface area contributed by atoms with Crippen molar-refractivity contribution in [3.05, 3.63) is 45.2 Å². The molecule has 1 heterocycles. The molecule has 0 saturated carbocycles. The number of halogens is 3. The van der Waals surface area contributed by atoms with Crippen molar-refractivity contribution in [2.75, 3.05) is 5.73 Å². The van der Waals surface area contributed by atoms with Crippen LogP contribution in [0.3, 0.4) is 0 Å². The molecule has 3 nitrogen and oxygen atoms in total. The van der Waals surface area contributed by atoms with Gasteiger partial charge < -0.3 is 5.73 Å². The van der Waals surface area contributed by atoms with Gasteiger partial charge in [-0.05, 0) is 47.2 Å². The van der Waals surface area contributed by atoms with Gasteiger partial charge in [0.25, 0.3) is 0 Å². The summed E-state index contributed by atoms with van der Waals surface area (Å²) in [6.45, 7) is 1.83. The molecular weight excluding hydrogens is 339 g/mol. The zero-order valence-corrected chi connectivity index (χ0v) is 11.1. The first-order valence-electron chi connectivity index (χ1n) is 4.94. The molecule has 1 atom stereocenters. The molecule has 90 valence electrons. The summed E-state index contributed by atoms with van der Waals surface area (Å²) < 4.78 is 28.4.